The molecule has 23 heteroatoms. The summed E-state index contributed by atoms with van der Waals surface area (Å²) in [6.07, 6.45) is 1.21. The molecule has 510 valence electrons. The first-order valence-electron chi connectivity index (χ1n) is 32.4. The predicted octanol–water partition coefficient (Wildman–Crippen LogP) is 14.1. The minimum absolute atomic E-state index is 0.0794. The van der Waals surface area contributed by atoms with Crippen LogP contribution in [0.15, 0.2) is 199 Å². The van der Waals surface area contributed by atoms with E-state index in [0.717, 1.165) is 89.0 Å². The smallest absolute Gasteiger partial charge is 0.313 e. The second-order valence-electron chi connectivity index (χ2n) is 25.6. The molecule has 6 heterocycles. The lowest BCUT2D eigenvalue weighted by Gasteiger charge is -2.21. The average Bonchev–Trinajstić information content (AvgIpc) is 1.67. The maximum atomic E-state index is 13.5. The molecule has 18 nitrogen and oxygen atoms in total. The van der Waals surface area contributed by atoms with Crippen molar-refractivity contribution in [2.24, 2.45) is 36.1 Å². The Morgan fingerprint density at radius 1 is 0.376 bits per heavy atom. The van der Waals surface area contributed by atoms with Gasteiger partial charge in [-0.15, -0.1) is 0 Å². The Bertz CT molecular complexity index is 5700. The van der Waals surface area contributed by atoms with Crippen LogP contribution in [0.1, 0.15) is 66.8 Å². The molecule has 15 rings (SSSR count). The van der Waals surface area contributed by atoms with E-state index in [1.807, 2.05) is 166 Å². The number of amides is 3. The van der Waals surface area contributed by atoms with E-state index < -0.39 is 18.1 Å². The molecular formula is C78H67Cl5N12O6. The summed E-state index contributed by atoms with van der Waals surface area (Å²) in [4.78, 5) is 105. The van der Waals surface area contributed by atoms with E-state index in [1.165, 1.54) is 0 Å². The lowest BCUT2D eigenvalue weighted by Crippen LogP contribution is -2.36. The molecule has 3 unspecified atom stereocenters. The normalized spacial score (nSPS) is 15.9. The number of fused-ring (bicyclic) bond motifs is 6. The van der Waals surface area contributed by atoms with Gasteiger partial charge < -0.3 is 29.7 Å². The Morgan fingerprint density at radius 2 is 0.752 bits per heavy atom. The van der Waals surface area contributed by atoms with E-state index in [1.54, 1.807) is 88.9 Å². The molecule has 3 aromatic heterocycles. The van der Waals surface area contributed by atoms with Gasteiger partial charge in [-0.3, -0.25) is 43.1 Å². The molecule has 101 heavy (non-hydrogen) atoms. The Labute approximate surface area is 605 Å². The van der Waals surface area contributed by atoms with Gasteiger partial charge in [-0.05, 0) is 146 Å². The maximum Gasteiger partial charge on any atom is 0.326 e. The van der Waals surface area contributed by atoms with Gasteiger partial charge in [-0.1, -0.05) is 136 Å². The molecular weight excluding hydrogens is 1380 g/mol. The second kappa shape index (κ2) is 28.0. The quantitative estimate of drug-likeness (QED) is 0.128. The van der Waals surface area contributed by atoms with Crippen LogP contribution in [-0.4, -0.2) is 103 Å². The van der Waals surface area contributed by atoms with Crippen LogP contribution in [0.2, 0.25) is 25.1 Å². The number of aryl methyl sites for hydroxylation is 6. The standard InChI is InChI=1S/2C26H22Cl2N4O2.C26H23ClN4O2/c1-14-4-5-15(19(28)10-14)11-21-25(33)31(2)22-9-7-17(27)13-18(22)24(29-21)16-6-8-23-20(12-16)30-26(34)32(23)3;1-14-5-4-6-15(23(14)28)11-20-25(33)31(2)21-10-8-17(27)13-18(21)24(29-20)16-7-9-22-19(12-16)30-26(34)32(22)3;1-15-5-4-6-16(11-15)12-21-25(32)30(2)22-10-8-18(27)14-19(22)24(28-21)17-7-9-23-20(13-17)29-26(33)31(23)3/h4-10,12-13,21H,11H2,1-3H3,(H,30,34);4-10,12-13,20H,11H2,1-3H3,(H,30,34);4-11,13-14,21H,12H2,1-3H3,(H,29,33). The number of carbonyl (C=O) groups excluding carboxylic acids is 3. The highest BCUT2D eigenvalue weighted by Gasteiger charge is 2.35. The van der Waals surface area contributed by atoms with Gasteiger partial charge in [0.05, 0.1) is 67.3 Å². The van der Waals surface area contributed by atoms with E-state index in [4.69, 9.17) is 73.0 Å². The minimum atomic E-state index is -0.684. The van der Waals surface area contributed by atoms with Crippen molar-refractivity contribution in [1.82, 2.24) is 28.7 Å². The zero-order valence-corrected chi connectivity index (χ0v) is 60.2. The highest BCUT2D eigenvalue weighted by atomic mass is 35.5. The van der Waals surface area contributed by atoms with Gasteiger partial charge >= 0.3 is 17.1 Å². The van der Waals surface area contributed by atoms with Crippen molar-refractivity contribution in [2.45, 2.75) is 58.2 Å². The van der Waals surface area contributed by atoms with Gasteiger partial charge in [0.1, 0.15) is 18.1 Å². The van der Waals surface area contributed by atoms with Crippen LogP contribution in [0.3, 0.4) is 0 Å². The molecule has 3 amide bonds. The predicted molar refractivity (Wildman–Crippen MR) is 408 cm³/mol. The molecule has 0 radical (unpaired) electrons. The fraction of sp³-hybridized carbons (Fsp3) is 0.192. The summed E-state index contributed by atoms with van der Waals surface area (Å²) in [5, 5.41) is 2.90. The van der Waals surface area contributed by atoms with Gasteiger partial charge in [-0.25, -0.2) is 14.4 Å². The minimum Gasteiger partial charge on any atom is -0.313 e. The van der Waals surface area contributed by atoms with E-state index in [0.29, 0.717) is 89.4 Å². The van der Waals surface area contributed by atoms with Crippen LogP contribution < -0.4 is 31.8 Å². The molecule has 0 spiro atoms. The van der Waals surface area contributed by atoms with Crippen LogP contribution in [0.5, 0.6) is 0 Å². The zero-order valence-electron chi connectivity index (χ0n) is 56.4. The van der Waals surface area contributed by atoms with E-state index >= 15 is 0 Å². The summed E-state index contributed by atoms with van der Waals surface area (Å²) in [5.74, 6) is -0.348. The number of nitrogens with zero attached hydrogens (tertiary/aromatic N) is 9. The number of benzene rings is 9. The monoisotopic (exact) mass is 1440 g/mol. The van der Waals surface area contributed by atoms with Crippen LogP contribution in [0.4, 0.5) is 17.1 Å². The Hall–Kier alpha value is -10.3. The third kappa shape index (κ3) is 13.7. The first-order chi connectivity index (χ1) is 48.3. The molecule has 3 aliphatic heterocycles. The zero-order chi connectivity index (χ0) is 71.6. The molecule has 0 aliphatic carbocycles. The lowest BCUT2D eigenvalue weighted by molar-refractivity contribution is -0.120. The maximum absolute atomic E-state index is 13.5. The summed E-state index contributed by atoms with van der Waals surface area (Å²) < 4.78 is 4.67. The molecule has 0 saturated heterocycles. The molecule has 0 saturated carbocycles. The Morgan fingerprint density at radius 3 is 1.15 bits per heavy atom. The number of halogens is 5. The third-order valence-corrected chi connectivity index (χ3v) is 20.4. The molecule has 3 aliphatic rings. The number of imidazole rings is 3. The number of H-pyrrole nitrogens is 3. The van der Waals surface area contributed by atoms with Crippen molar-refractivity contribution in [3.8, 4) is 0 Å². The number of rotatable bonds is 9. The molecule has 9 aromatic carbocycles. The molecule has 0 fully saturated rings. The fourth-order valence-electron chi connectivity index (χ4n) is 13.2. The second-order valence-corrected chi connectivity index (χ2v) is 27.7. The van der Waals surface area contributed by atoms with E-state index in [2.05, 4.69) is 21.0 Å². The third-order valence-electron chi connectivity index (χ3n) is 18.8. The number of nitrogens with one attached hydrogen (secondary N) is 3. The SMILES string of the molecule is Cc1ccc(CC2N=C(c3ccc4c(c3)[nH]c(=O)n4C)c3cc(Cl)ccc3N(C)C2=O)c(Cl)c1.Cc1cccc(CC2N=C(c3ccc4c(c3)[nH]c(=O)n4C)c3cc(Cl)ccc3N(C)C2=O)c1.Cc1cccc(CC2N=C(c3ccc4c(c3)[nH]c(=O)n4C)c3cc(Cl)ccc3N(C)C2=O)c1Cl. The number of aromatic amines is 3. The van der Waals surface area contributed by atoms with Crippen LogP contribution in [0.25, 0.3) is 33.1 Å². The van der Waals surface area contributed by atoms with Crippen molar-refractivity contribution >= 4 is 143 Å². The summed E-state index contributed by atoms with van der Waals surface area (Å²) in [5.41, 5.74) is 18.6. The molecule has 3 N–H and O–H groups in total. The highest BCUT2D eigenvalue weighted by molar-refractivity contribution is 6.34. The summed E-state index contributed by atoms with van der Waals surface area (Å²) in [7, 11) is 10.4. The molecule has 3 atom stereocenters. The first-order valence-corrected chi connectivity index (χ1v) is 34.3. The number of likely N-dealkylation sites (N-methyl/N-ethyl adjacent to an activating group) is 3. The Kier molecular flexibility index (Phi) is 19.2. The van der Waals surface area contributed by atoms with Gasteiger partial charge in [-0.2, -0.15) is 0 Å². The van der Waals surface area contributed by atoms with Crippen LogP contribution >= 0.6 is 58.0 Å². The first kappa shape index (κ1) is 69.2. The topological polar surface area (TPSA) is 211 Å². The van der Waals surface area contributed by atoms with Gasteiger partial charge in [0.25, 0.3) is 17.7 Å². The van der Waals surface area contributed by atoms with Gasteiger partial charge in [0.15, 0.2) is 0 Å². The van der Waals surface area contributed by atoms with Crippen molar-refractivity contribution < 1.29 is 14.4 Å². The number of aliphatic imine (C=N–C) groups is 3. The largest absolute Gasteiger partial charge is 0.326 e. The molecule has 0 bridgehead atoms. The van der Waals surface area contributed by atoms with E-state index in [9.17, 15) is 28.8 Å². The highest BCUT2D eigenvalue weighted by Crippen LogP contribution is 2.37. The number of carbonyl (C=O) groups is 3. The summed E-state index contributed by atoms with van der Waals surface area (Å²) in [6.45, 7) is 5.95. The van der Waals surface area contributed by atoms with Crippen LogP contribution in [-0.2, 0) is 54.8 Å². The van der Waals surface area contributed by atoms with Crippen molar-refractivity contribution in [3.05, 3.63) is 293 Å². The number of anilines is 3. The Balaban J connectivity index is 0.000000135. The van der Waals surface area contributed by atoms with Gasteiger partial charge in [0, 0.05) is 120 Å². The number of aromatic nitrogens is 6. The lowest BCUT2D eigenvalue weighted by atomic mass is 9.99. The summed E-state index contributed by atoms with van der Waals surface area (Å²) in [6, 6.07) is 51.1. The average molecular weight is 1450 g/mol. The number of hydrogen-bond acceptors (Lipinski definition) is 9. The summed E-state index contributed by atoms with van der Waals surface area (Å²) >= 11 is 32.1. The number of hydrogen-bond donors (Lipinski definition) is 3. The van der Waals surface area contributed by atoms with Crippen molar-refractivity contribution in [2.75, 3.05) is 35.8 Å². The van der Waals surface area contributed by atoms with Crippen molar-refractivity contribution in [3.63, 3.8) is 0 Å². The number of benzodiazepines with no additional fused rings is 3. The molecule has 12 aromatic rings. The van der Waals surface area contributed by atoms with Gasteiger partial charge in [0.2, 0.25) is 0 Å². The van der Waals surface area contributed by atoms with Crippen LogP contribution in [0, 0.1) is 20.8 Å². The van der Waals surface area contributed by atoms with Crippen molar-refractivity contribution in [1.29, 1.82) is 0 Å². The van der Waals surface area contributed by atoms with E-state index in [-0.39, 0.29) is 34.8 Å². The fourth-order valence-corrected chi connectivity index (χ4v) is 14.3.